The van der Waals surface area contributed by atoms with Crippen LogP contribution in [-0.4, -0.2) is 98.0 Å². The molecule has 40 heavy (non-hydrogen) atoms. The summed E-state index contributed by atoms with van der Waals surface area (Å²) in [6.45, 7) is 8.83. The molecule has 0 bridgehead atoms. The fraction of sp³-hybridized carbons (Fsp3) is 0.679. The number of nitrogens with one attached hydrogen (secondary N) is 1. The lowest BCUT2D eigenvalue weighted by Crippen LogP contribution is -2.57. The molecule has 4 atom stereocenters. The number of nitrogens with zero attached hydrogens (tertiary/aromatic N) is 4. The Hall–Kier alpha value is -2.86. The summed E-state index contributed by atoms with van der Waals surface area (Å²) in [5.74, 6) is 0.363. The summed E-state index contributed by atoms with van der Waals surface area (Å²) in [5.41, 5.74) is -1.41. The molecule has 2 unspecified atom stereocenters. The third-order valence-electron chi connectivity index (χ3n) is 8.39. The average Bonchev–Trinajstić information content (AvgIpc) is 3.38. The maximum Gasteiger partial charge on any atom is 0.416 e. The molecule has 1 aliphatic carbocycles. The number of methoxy groups -OCH3 is 1. The number of hydrogen-bond acceptors (Lipinski definition) is 7. The predicted octanol–water partition coefficient (Wildman–Crippen LogP) is 3.56. The lowest BCUT2D eigenvalue weighted by atomic mass is 9.74. The van der Waals surface area contributed by atoms with Crippen LogP contribution in [0.5, 0.6) is 0 Å². The SMILES string of the molecule is CCOC(=O)N1CCC(N[C@@H]2C=C[C@@](C(=O)N3CCN(c4cc(C(F)(F)F)ccn4)CC3)(C(C)C)C2)C(OC)C1. The van der Waals surface area contributed by atoms with Crippen molar-refractivity contribution in [2.45, 2.75) is 58.0 Å². The highest BCUT2D eigenvalue weighted by atomic mass is 19.4. The first-order valence-electron chi connectivity index (χ1n) is 14.0. The minimum atomic E-state index is -4.43. The van der Waals surface area contributed by atoms with E-state index in [2.05, 4.69) is 16.4 Å². The Labute approximate surface area is 233 Å². The predicted molar refractivity (Wildman–Crippen MR) is 144 cm³/mol. The van der Waals surface area contributed by atoms with E-state index >= 15 is 0 Å². The molecule has 1 N–H and O–H groups in total. The number of likely N-dealkylation sites (tertiary alicyclic amines) is 1. The van der Waals surface area contributed by atoms with E-state index in [1.165, 1.54) is 6.20 Å². The van der Waals surface area contributed by atoms with Crippen LogP contribution < -0.4 is 10.2 Å². The highest BCUT2D eigenvalue weighted by molar-refractivity contribution is 5.86. The zero-order valence-corrected chi connectivity index (χ0v) is 23.6. The smallest absolute Gasteiger partial charge is 0.416 e. The number of rotatable bonds is 7. The molecule has 3 aliphatic rings. The molecule has 1 aromatic rings. The van der Waals surface area contributed by atoms with Crippen LogP contribution in [0.3, 0.4) is 0 Å². The quantitative estimate of drug-likeness (QED) is 0.505. The van der Waals surface area contributed by atoms with Crippen LogP contribution >= 0.6 is 0 Å². The maximum absolute atomic E-state index is 13.9. The van der Waals surface area contributed by atoms with Crippen molar-refractivity contribution in [1.29, 1.82) is 0 Å². The van der Waals surface area contributed by atoms with Crippen molar-refractivity contribution in [3.63, 3.8) is 0 Å². The summed E-state index contributed by atoms with van der Waals surface area (Å²) in [7, 11) is 1.63. The third-order valence-corrected chi connectivity index (χ3v) is 8.39. The number of pyridine rings is 1. The lowest BCUT2D eigenvalue weighted by molar-refractivity contribution is -0.142. The second-order valence-corrected chi connectivity index (χ2v) is 11.0. The Bertz CT molecular complexity index is 1080. The number of anilines is 1. The van der Waals surface area contributed by atoms with Gasteiger partial charge in [0.05, 0.1) is 30.2 Å². The first-order chi connectivity index (χ1) is 19.0. The summed E-state index contributed by atoms with van der Waals surface area (Å²) in [5, 5.41) is 3.65. The first-order valence-corrected chi connectivity index (χ1v) is 14.0. The van der Waals surface area contributed by atoms with Crippen LogP contribution in [0.4, 0.5) is 23.8 Å². The first kappa shape index (κ1) is 30.1. The van der Waals surface area contributed by atoms with Crippen LogP contribution in [-0.2, 0) is 20.4 Å². The highest BCUT2D eigenvalue weighted by Crippen LogP contribution is 2.42. The van der Waals surface area contributed by atoms with E-state index in [1.54, 1.807) is 23.8 Å². The molecule has 1 aromatic heterocycles. The van der Waals surface area contributed by atoms with E-state index in [-0.39, 0.29) is 41.9 Å². The molecule has 9 nitrogen and oxygen atoms in total. The van der Waals surface area contributed by atoms with Gasteiger partial charge in [0.2, 0.25) is 5.91 Å². The van der Waals surface area contributed by atoms with Gasteiger partial charge >= 0.3 is 12.3 Å². The van der Waals surface area contributed by atoms with Gasteiger partial charge in [-0.2, -0.15) is 13.2 Å². The van der Waals surface area contributed by atoms with Gasteiger partial charge in [-0.15, -0.1) is 0 Å². The molecular formula is C28H40F3N5O4. The fourth-order valence-corrected chi connectivity index (χ4v) is 5.94. The molecule has 222 valence electrons. The van der Waals surface area contributed by atoms with Gasteiger partial charge in [0.25, 0.3) is 0 Å². The topological polar surface area (TPSA) is 87.2 Å². The number of hydrogen-bond donors (Lipinski definition) is 1. The summed E-state index contributed by atoms with van der Waals surface area (Å²) >= 11 is 0. The molecular weight excluding hydrogens is 527 g/mol. The Morgan fingerprint density at radius 3 is 2.52 bits per heavy atom. The van der Waals surface area contributed by atoms with Gasteiger partial charge in [-0.05, 0) is 37.8 Å². The largest absolute Gasteiger partial charge is 0.450 e. The second kappa shape index (κ2) is 12.3. The van der Waals surface area contributed by atoms with E-state index < -0.39 is 17.2 Å². The molecule has 4 rings (SSSR count). The molecule has 2 aliphatic heterocycles. The Morgan fingerprint density at radius 2 is 1.90 bits per heavy atom. The Morgan fingerprint density at radius 1 is 1.18 bits per heavy atom. The summed E-state index contributed by atoms with van der Waals surface area (Å²) in [4.78, 5) is 35.5. The van der Waals surface area contributed by atoms with Crippen LogP contribution in [0.25, 0.3) is 0 Å². The number of piperidine rings is 1. The third kappa shape index (κ3) is 6.38. The minimum absolute atomic E-state index is 0.0203. The monoisotopic (exact) mass is 567 g/mol. The van der Waals surface area contributed by atoms with Crippen LogP contribution in [0.2, 0.25) is 0 Å². The second-order valence-electron chi connectivity index (χ2n) is 11.0. The Balaban J connectivity index is 1.36. The van der Waals surface area contributed by atoms with Crippen molar-refractivity contribution in [2.24, 2.45) is 11.3 Å². The lowest BCUT2D eigenvalue weighted by Gasteiger charge is -2.42. The molecule has 0 spiro atoms. The van der Waals surface area contributed by atoms with Crippen molar-refractivity contribution in [3.8, 4) is 0 Å². The number of alkyl halides is 3. The van der Waals surface area contributed by atoms with Crippen LogP contribution in [0, 0.1) is 11.3 Å². The van der Waals surface area contributed by atoms with Gasteiger partial charge in [-0.3, -0.25) is 4.79 Å². The Kier molecular flexibility index (Phi) is 9.29. The van der Waals surface area contributed by atoms with Crippen molar-refractivity contribution in [3.05, 3.63) is 36.0 Å². The van der Waals surface area contributed by atoms with Crippen LogP contribution in [0.15, 0.2) is 30.5 Å². The standard InChI is InChI=1S/C28H40F3N5O4/c1-5-40-26(38)36-11-8-22(23(18-36)39-4)33-21-6-9-27(17-21,19(2)3)25(37)35-14-12-34(13-15-35)24-16-20(7-10-32-24)28(29,30)31/h6-7,9-10,16,19,21-23,33H,5,8,11-15,17-18H2,1-4H3/t21-,22?,23?,27+/m1/s1. The maximum atomic E-state index is 13.9. The molecule has 12 heteroatoms. The summed E-state index contributed by atoms with van der Waals surface area (Å²) < 4.78 is 50.3. The number of piperazine rings is 1. The fourth-order valence-electron chi connectivity index (χ4n) is 5.94. The van der Waals surface area contributed by atoms with Gasteiger partial charge in [0.1, 0.15) is 5.82 Å². The molecule has 0 aromatic carbocycles. The van der Waals surface area contributed by atoms with Gasteiger partial charge in [0, 0.05) is 58.1 Å². The minimum Gasteiger partial charge on any atom is -0.450 e. The van der Waals surface area contributed by atoms with Crippen molar-refractivity contribution in [2.75, 3.05) is 57.9 Å². The number of amides is 2. The van der Waals surface area contributed by atoms with E-state index in [1.807, 2.05) is 24.8 Å². The number of halogens is 3. The van der Waals surface area contributed by atoms with Crippen molar-refractivity contribution >= 4 is 17.8 Å². The van der Waals surface area contributed by atoms with E-state index in [0.29, 0.717) is 58.7 Å². The molecule has 2 amide bonds. The highest BCUT2D eigenvalue weighted by Gasteiger charge is 2.47. The van der Waals surface area contributed by atoms with Gasteiger partial charge in [0.15, 0.2) is 0 Å². The molecule has 2 fully saturated rings. The number of ether oxygens (including phenoxy) is 2. The molecule has 3 heterocycles. The number of carbonyl (C=O) groups is 2. The molecule has 0 radical (unpaired) electrons. The number of carbonyl (C=O) groups excluding carboxylic acids is 2. The van der Waals surface area contributed by atoms with Gasteiger partial charge in [-0.1, -0.05) is 26.0 Å². The van der Waals surface area contributed by atoms with Crippen molar-refractivity contribution in [1.82, 2.24) is 20.1 Å². The summed E-state index contributed by atoms with van der Waals surface area (Å²) in [6.07, 6.45) is 1.60. The molecule has 2 saturated heterocycles. The van der Waals surface area contributed by atoms with E-state index in [0.717, 1.165) is 12.1 Å². The van der Waals surface area contributed by atoms with Crippen LogP contribution in [0.1, 0.15) is 39.2 Å². The molecule has 0 saturated carbocycles. The zero-order chi connectivity index (χ0) is 29.1. The summed E-state index contributed by atoms with van der Waals surface area (Å²) in [6, 6.07) is 2.02. The normalized spacial score (nSPS) is 27.4. The number of aromatic nitrogens is 1. The van der Waals surface area contributed by atoms with Crippen molar-refractivity contribution < 1.29 is 32.2 Å². The average molecular weight is 568 g/mol. The van der Waals surface area contributed by atoms with E-state index in [4.69, 9.17) is 9.47 Å². The zero-order valence-electron chi connectivity index (χ0n) is 23.6. The van der Waals surface area contributed by atoms with E-state index in [9.17, 15) is 22.8 Å². The van der Waals surface area contributed by atoms with Gasteiger partial charge < -0.3 is 29.5 Å². The van der Waals surface area contributed by atoms with Gasteiger partial charge in [-0.25, -0.2) is 9.78 Å².